The normalized spacial score (nSPS) is 25.6. The summed E-state index contributed by atoms with van der Waals surface area (Å²) in [5.41, 5.74) is 0.382. The molecule has 0 saturated carbocycles. The fraction of sp³-hybridized carbons (Fsp3) is 0.619. The summed E-state index contributed by atoms with van der Waals surface area (Å²) in [5.74, 6) is -0.159. The zero-order chi connectivity index (χ0) is 21.4. The summed E-state index contributed by atoms with van der Waals surface area (Å²) in [6.45, 7) is 4.56. The van der Waals surface area contributed by atoms with E-state index < -0.39 is 21.6 Å². The summed E-state index contributed by atoms with van der Waals surface area (Å²) in [6, 6.07) is 9.44. The number of benzene rings is 1. The standard InChI is InChI=1S/C21H30N4O4S/c1-2-30(28,29)24-12-6-9-18(16-24)25-19(26)21(22-20(25)27)10-13-23(14-11-21)15-17-7-4-3-5-8-17/h3-5,7-8,18H,2,6,9-16H2,1H3,(H,22,27)/t18-/m1/s1. The molecule has 1 aromatic carbocycles. The Kier molecular flexibility index (Phi) is 5.87. The molecule has 3 aliphatic heterocycles. The van der Waals surface area contributed by atoms with E-state index >= 15 is 0 Å². The Morgan fingerprint density at radius 2 is 1.80 bits per heavy atom. The minimum atomic E-state index is -3.33. The third kappa shape index (κ3) is 3.98. The number of urea groups is 1. The van der Waals surface area contributed by atoms with Crippen molar-refractivity contribution in [3.63, 3.8) is 0 Å². The first-order valence-corrected chi connectivity index (χ1v) is 12.4. The lowest BCUT2D eigenvalue weighted by Crippen LogP contribution is -2.56. The van der Waals surface area contributed by atoms with Crippen molar-refractivity contribution >= 4 is 22.0 Å². The van der Waals surface area contributed by atoms with Crippen LogP contribution in [0.2, 0.25) is 0 Å². The summed E-state index contributed by atoms with van der Waals surface area (Å²) < 4.78 is 26.0. The van der Waals surface area contributed by atoms with E-state index in [-0.39, 0.29) is 24.2 Å². The molecular weight excluding hydrogens is 404 g/mol. The molecular formula is C21H30N4O4S. The van der Waals surface area contributed by atoms with Crippen molar-refractivity contribution < 1.29 is 18.0 Å². The van der Waals surface area contributed by atoms with Crippen LogP contribution in [0.15, 0.2) is 30.3 Å². The number of piperidine rings is 2. The van der Waals surface area contributed by atoms with Gasteiger partial charge in [-0.25, -0.2) is 13.2 Å². The molecule has 1 spiro atoms. The first-order chi connectivity index (χ1) is 14.3. The van der Waals surface area contributed by atoms with Gasteiger partial charge in [0.05, 0.1) is 11.8 Å². The maximum Gasteiger partial charge on any atom is 0.325 e. The minimum Gasteiger partial charge on any atom is -0.323 e. The average molecular weight is 435 g/mol. The highest BCUT2D eigenvalue weighted by Crippen LogP contribution is 2.33. The number of hydrogen-bond donors (Lipinski definition) is 1. The van der Waals surface area contributed by atoms with Gasteiger partial charge in [0.2, 0.25) is 10.0 Å². The molecule has 0 aliphatic carbocycles. The van der Waals surface area contributed by atoms with E-state index in [1.807, 2.05) is 18.2 Å². The Balaban J connectivity index is 1.42. The van der Waals surface area contributed by atoms with Crippen molar-refractivity contribution in [2.24, 2.45) is 0 Å². The number of hydrogen-bond acceptors (Lipinski definition) is 5. The van der Waals surface area contributed by atoms with Crippen molar-refractivity contribution in [1.82, 2.24) is 19.4 Å². The van der Waals surface area contributed by atoms with Crippen LogP contribution in [0.1, 0.15) is 38.2 Å². The van der Waals surface area contributed by atoms with Crippen LogP contribution in [0.3, 0.4) is 0 Å². The van der Waals surface area contributed by atoms with Crippen LogP contribution in [0.5, 0.6) is 0 Å². The van der Waals surface area contributed by atoms with E-state index in [1.54, 1.807) is 6.92 Å². The van der Waals surface area contributed by atoms with Gasteiger partial charge >= 0.3 is 6.03 Å². The molecule has 0 radical (unpaired) electrons. The zero-order valence-corrected chi connectivity index (χ0v) is 18.2. The van der Waals surface area contributed by atoms with Gasteiger partial charge in [0, 0.05) is 32.7 Å². The monoisotopic (exact) mass is 434 g/mol. The predicted molar refractivity (Wildman–Crippen MR) is 113 cm³/mol. The second-order valence-electron chi connectivity index (χ2n) is 8.50. The van der Waals surface area contributed by atoms with Crippen LogP contribution in [-0.2, 0) is 21.4 Å². The molecule has 3 fully saturated rings. The molecule has 3 amide bonds. The lowest BCUT2D eigenvalue weighted by molar-refractivity contribution is -0.135. The van der Waals surface area contributed by atoms with Crippen molar-refractivity contribution in [2.75, 3.05) is 31.9 Å². The lowest BCUT2D eigenvalue weighted by Gasteiger charge is -2.38. The number of imide groups is 1. The molecule has 8 nitrogen and oxygen atoms in total. The number of sulfonamides is 1. The Bertz CT molecular complexity index is 897. The molecule has 3 heterocycles. The smallest absolute Gasteiger partial charge is 0.323 e. The SMILES string of the molecule is CCS(=O)(=O)N1CCC[C@@H](N2C(=O)NC3(CCN(Cc4ccccc4)CC3)C2=O)C1. The predicted octanol–water partition coefficient (Wildman–Crippen LogP) is 1.39. The van der Waals surface area contributed by atoms with Gasteiger partial charge in [-0.05, 0) is 38.2 Å². The Labute approximate surface area is 178 Å². The molecule has 9 heteroatoms. The van der Waals surface area contributed by atoms with E-state index in [2.05, 4.69) is 22.3 Å². The maximum absolute atomic E-state index is 13.3. The third-order valence-corrected chi connectivity index (χ3v) is 8.48. The second-order valence-corrected chi connectivity index (χ2v) is 10.8. The lowest BCUT2D eigenvalue weighted by atomic mass is 9.87. The van der Waals surface area contributed by atoms with Gasteiger partial charge in [0.1, 0.15) is 5.54 Å². The molecule has 0 aromatic heterocycles. The number of rotatable bonds is 5. The molecule has 164 valence electrons. The molecule has 0 unspecified atom stereocenters. The van der Waals surface area contributed by atoms with Crippen LogP contribution in [0.25, 0.3) is 0 Å². The highest BCUT2D eigenvalue weighted by atomic mass is 32.2. The Hall–Kier alpha value is -1.97. The topological polar surface area (TPSA) is 90.0 Å². The van der Waals surface area contributed by atoms with Crippen LogP contribution >= 0.6 is 0 Å². The molecule has 3 saturated heterocycles. The number of carbonyl (C=O) groups excluding carboxylic acids is 2. The van der Waals surface area contributed by atoms with Crippen LogP contribution in [0.4, 0.5) is 4.79 Å². The number of likely N-dealkylation sites (tertiary alicyclic amines) is 1. The summed E-state index contributed by atoms with van der Waals surface area (Å²) in [6.07, 6.45) is 2.44. The number of carbonyl (C=O) groups is 2. The Morgan fingerprint density at radius 3 is 2.47 bits per heavy atom. The number of nitrogens with zero attached hydrogens (tertiary/aromatic N) is 3. The number of amides is 3. The quantitative estimate of drug-likeness (QED) is 0.708. The van der Waals surface area contributed by atoms with E-state index in [1.165, 1.54) is 14.8 Å². The van der Waals surface area contributed by atoms with Gasteiger partial charge in [-0.1, -0.05) is 30.3 Å². The van der Waals surface area contributed by atoms with Gasteiger partial charge in [-0.15, -0.1) is 0 Å². The molecule has 1 N–H and O–H groups in total. The largest absolute Gasteiger partial charge is 0.325 e. The van der Waals surface area contributed by atoms with Gasteiger partial charge < -0.3 is 5.32 Å². The molecule has 4 rings (SSSR count). The van der Waals surface area contributed by atoms with E-state index in [0.29, 0.717) is 32.2 Å². The summed E-state index contributed by atoms with van der Waals surface area (Å²) in [7, 11) is -3.33. The Morgan fingerprint density at radius 1 is 1.10 bits per heavy atom. The summed E-state index contributed by atoms with van der Waals surface area (Å²) in [4.78, 5) is 29.7. The van der Waals surface area contributed by atoms with Crippen molar-refractivity contribution in [3.05, 3.63) is 35.9 Å². The van der Waals surface area contributed by atoms with Crippen LogP contribution in [-0.4, -0.2) is 78.0 Å². The average Bonchev–Trinajstić information content (AvgIpc) is 3.00. The van der Waals surface area contributed by atoms with E-state index in [0.717, 1.165) is 19.6 Å². The van der Waals surface area contributed by atoms with Gasteiger partial charge in [-0.2, -0.15) is 4.31 Å². The highest BCUT2D eigenvalue weighted by molar-refractivity contribution is 7.89. The van der Waals surface area contributed by atoms with Crippen LogP contribution in [0, 0.1) is 0 Å². The van der Waals surface area contributed by atoms with Crippen molar-refractivity contribution in [3.8, 4) is 0 Å². The van der Waals surface area contributed by atoms with E-state index in [9.17, 15) is 18.0 Å². The first-order valence-electron chi connectivity index (χ1n) is 10.7. The third-order valence-electron chi connectivity index (χ3n) is 6.63. The van der Waals surface area contributed by atoms with Crippen molar-refractivity contribution in [1.29, 1.82) is 0 Å². The van der Waals surface area contributed by atoms with Gasteiger partial charge in [-0.3, -0.25) is 14.6 Å². The maximum atomic E-state index is 13.3. The van der Waals surface area contributed by atoms with Gasteiger partial charge in [0.25, 0.3) is 5.91 Å². The molecule has 30 heavy (non-hydrogen) atoms. The fourth-order valence-corrected chi connectivity index (χ4v) is 5.98. The first kappa shape index (κ1) is 21.3. The minimum absolute atomic E-state index is 0.0288. The molecule has 1 atom stereocenters. The highest BCUT2D eigenvalue weighted by Gasteiger charge is 2.54. The van der Waals surface area contributed by atoms with Crippen LogP contribution < -0.4 is 5.32 Å². The molecule has 1 aromatic rings. The fourth-order valence-electron chi connectivity index (χ4n) is 4.81. The molecule has 0 bridgehead atoms. The number of nitrogens with one attached hydrogen (secondary N) is 1. The van der Waals surface area contributed by atoms with Gasteiger partial charge in [0.15, 0.2) is 0 Å². The second kappa shape index (κ2) is 8.28. The van der Waals surface area contributed by atoms with Crippen molar-refractivity contribution in [2.45, 2.75) is 50.7 Å². The zero-order valence-electron chi connectivity index (χ0n) is 17.4. The van der Waals surface area contributed by atoms with E-state index in [4.69, 9.17) is 0 Å². The molecule has 3 aliphatic rings. The summed E-state index contributed by atoms with van der Waals surface area (Å²) in [5, 5.41) is 2.96. The summed E-state index contributed by atoms with van der Waals surface area (Å²) >= 11 is 0.